The number of nitrogens with one attached hydrogen (secondary N) is 2. The van der Waals surface area contributed by atoms with Crippen molar-refractivity contribution < 1.29 is 24.2 Å². The molecule has 3 N–H and O–H groups in total. The minimum atomic E-state index is -1.00. The highest BCUT2D eigenvalue weighted by Gasteiger charge is 2.36. The molecule has 266 valence electrons. The Hall–Kier alpha value is -4.42. The molecule has 0 saturated carbocycles. The number of amides is 4. The van der Waals surface area contributed by atoms with E-state index in [1.54, 1.807) is 11.0 Å². The fourth-order valence-electron chi connectivity index (χ4n) is 8.24. The monoisotopic (exact) mass is 684 g/mol. The van der Waals surface area contributed by atoms with Gasteiger partial charge in [-0.05, 0) is 92.1 Å². The number of rotatable bonds is 6. The summed E-state index contributed by atoms with van der Waals surface area (Å²) in [6.45, 7) is 6.31. The Morgan fingerprint density at radius 1 is 0.860 bits per heavy atom. The molecule has 0 spiro atoms. The quantitative estimate of drug-likeness (QED) is 0.358. The van der Waals surface area contributed by atoms with E-state index in [-0.39, 0.29) is 36.1 Å². The van der Waals surface area contributed by atoms with Gasteiger partial charge in [0.1, 0.15) is 0 Å². The third kappa shape index (κ3) is 7.51. The Labute approximate surface area is 292 Å². The summed E-state index contributed by atoms with van der Waals surface area (Å²) < 4.78 is 6.11. The highest BCUT2D eigenvalue weighted by molar-refractivity contribution is 5.91. The van der Waals surface area contributed by atoms with Crippen molar-refractivity contribution in [3.05, 3.63) is 75.6 Å². The summed E-state index contributed by atoms with van der Waals surface area (Å²) in [4.78, 5) is 63.6. The van der Waals surface area contributed by atoms with Crippen molar-refractivity contribution in [3.63, 3.8) is 0 Å². The molecule has 4 aliphatic rings. The summed E-state index contributed by atoms with van der Waals surface area (Å²) >= 11 is 0. The van der Waals surface area contributed by atoms with E-state index in [0.29, 0.717) is 51.6 Å². The number of piperidine rings is 3. The minimum absolute atomic E-state index is 0.00210. The van der Waals surface area contributed by atoms with Gasteiger partial charge in [0, 0.05) is 76.1 Å². The Morgan fingerprint density at radius 2 is 1.56 bits per heavy atom. The first-order valence-electron chi connectivity index (χ1n) is 18.2. The van der Waals surface area contributed by atoms with E-state index in [9.17, 15) is 24.3 Å². The van der Waals surface area contributed by atoms with E-state index in [4.69, 9.17) is 4.74 Å². The van der Waals surface area contributed by atoms with E-state index in [0.717, 1.165) is 78.5 Å². The van der Waals surface area contributed by atoms with Gasteiger partial charge in [0.15, 0.2) is 6.10 Å². The molecule has 50 heavy (non-hydrogen) atoms. The van der Waals surface area contributed by atoms with Gasteiger partial charge in [-0.25, -0.2) is 9.59 Å². The number of fused-ring (bicyclic) bond motifs is 2. The molecule has 12 nitrogen and oxygen atoms in total. The molecular formula is C38H48N6O6. The number of likely N-dealkylation sites (tertiary alicyclic amines) is 3. The van der Waals surface area contributed by atoms with Gasteiger partial charge >= 0.3 is 12.1 Å². The van der Waals surface area contributed by atoms with Gasteiger partial charge in [-0.15, -0.1) is 0 Å². The van der Waals surface area contributed by atoms with Crippen LogP contribution in [-0.4, -0.2) is 118 Å². The fraction of sp³-hybridized carbons (Fsp3) is 0.526. The van der Waals surface area contributed by atoms with E-state index in [1.165, 1.54) is 6.07 Å². The molecule has 3 saturated heterocycles. The van der Waals surface area contributed by atoms with Crippen molar-refractivity contribution in [2.45, 2.75) is 82.6 Å². The molecular weight excluding hydrogens is 636 g/mol. The molecule has 1 atom stereocenters. The summed E-state index contributed by atoms with van der Waals surface area (Å²) in [5, 5.41) is 13.8. The number of carbonyl (C=O) groups excluding carboxylic acids is 3. The molecule has 4 aliphatic heterocycles. The van der Waals surface area contributed by atoms with Gasteiger partial charge in [-0.3, -0.25) is 9.59 Å². The van der Waals surface area contributed by atoms with Gasteiger partial charge in [-0.2, -0.15) is 0 Å². The predicted molar refractivity (Wildman–Crippen MR) is 190 cm³/mol. The molecule has 3 fully saturated rings. The van der Waals surface area contributed by atoms with Gasteiger partial charge in [0.25, 0.3) is 5.91 Å². The molecule has 4 amide bonds. The van der Waals surface area contributed by atoms with Gasteiger partial charge in [0.05, 0.1) is 11.6 Å². The first kappa shape index (κ1) is 34.0. The van der Waals surface area contributed by atoms with Crippen LogP contribution in [0.4, 0.5) is 15.3 Å². The highest BCUT2D eigenvalue weighted by Crippen LogP contribution is 2.27. The number of aryl methyl sites for hydroxylation is 1. The third-order valence-electron chi connectivity index (χ3n) is 11.1. The van der Waals surface area contributed by atoms with Gasteiger partial charge < -0.3 is 39.7 Å². The number of para-hydroxylation sites is 1. The zero-order valence-corrected chi connectivity index (χ0v) is 28.8. The van der Waals surface area contributed by atoms with E-state index < -0.39 is 12.2 Å². The lowest BCUT2D eigenvalue weighted by Gasteiger charge is -2.41. The summed E-state index contributed by atoms with van der Waals surface area (Å²) in [7, 11) is 0. The first-order chi connectivity index (χ1) is 24.2. The SMILES string of the molecule is Cc1cc(C[C@@H](OC(=O)N2CCC(N3CCc4ccccc4NC3=O)CC2)C(=O)N2CCC(N3CCC(O)CC3)CC2)cc2ccc(=O)[nH]c12. The number of aliphatic hydroxyl groups excluding tert-OH is 1. The number of anilines is 1. The van der Waals surface area contributed by atoms with Crippen LogP contribution in [0.5, 0.6) is 0 Å². The van der Waals surface area contributed by atoms with Crippen LogP contribution in [-0.2, 0) is 22.4 Å². The molecule has 2 aromatic carbocycles. The number of aliphatic hydroxyl groups is 1. The van der Waals surface area contributed by atoms with Crippen LogP contribution in [0.25, 0.3) is 10.9 Å². The van der Waals surface area contributed by atoms with E-state index >= 15 is 0 Å². The highest BCUT2D eigenvalue weighted by atomic mass is 16.6. The van der Waals surface area contributed by atoms with Crippen molar-refractivity contribution in [3.8, 4) is 0 Å². The topological polar surface area (TPSA) is 139 Å². The number of carbonyl (C=O) groups is 3. The number of aromatic nitrogens is 1. The van der Waals surface area contributed by atoms with Crippen molar-refractivity contribution >= 4 is 34.6 Å². The second-order valence-corrected chi connectivity index (χ2v) is 14.3. The normalized spacial score (nSPS) is 20.7. The molecule has 0 radical (unpaired) electrons. The maximum atomic E-state index is 14.1. The molecule has 0 unspecified atom stereocenters. The average Bonchev–Trinajstić information content (AvgIpc) is 3.30. The molecule has 0 bridgehead atoms. The number of urea groups is 1. The molecule has 7 rings (SSSR count). The smallest absolute Gasteiger partial charge is 0.410 e. The number of H-pyrrole nitrogens is 1. The summed E-state index contributed by atoms with van der Waals surface area (Å²) in [5.41, 5.74) is 4.26. The number of pyridine rings is 1. The number of nitrogens with zero attached hydrogens (tertiary/aromatic N) is 4. The van der Waals surface area contributed by atoms with Crippen molar-refractivity contribution in [1.29, 1.82) is 0 Å². The number of ether oxygens (including phenoxy) is 1. The molecule has 0 aliphatic carbocycles. The lowest BCUT2D eigenvalue weighted by atomic mass is 9.97. The molecule has 1 aromatic heterocycles. The van der Waals surface area contributed by atoms with Gasteiger partial charge in [-0.1, -0.05) is 24.3 Å². The van der Waals surface area contributed by atoms with Crippen LogP contribution in [0.3, 0.4) is 0 Å². The maximum Gasteiger partial charge on any atom is 0.410 e. The third-order valence-corrected chi connectivity index (χ3v) is 11.1. The Kier molecular flexibility index (Phi) is 10.1. The van der Waals surface area contributed by atoms with Crippen LogP contribution in [0.1, 0.15) is 55.2 Å². The minimum Gasteiger partial charge on any atom is -0.436 e. The summed E-state index contributed by atoms with van der Waals surface area (Å²) in [6, 6.07) is 15.3. The molecule has 5 heterocycles. The van der Waals surface area contributed by atoms with Crippen molar-refractivity contribution in [2.24, 2.45) is 0 Å². The number of hydrogen-bond donors (Lipinski definition) is 3. The maximum absolute atomic E-state index is 14.1. The number of benzene rings is 2. The van der Waals surface area contributed by atoms with Crippen LogP contribution < -0.4 is 10.9 Å². The van der Waals surface area contributed by atoms with Gasteiger partial charge in [0.2, 0.25) is 5.56 Å². The Bertz CT molecular complexity index is 1770. The fourth-order valence-corrected chi connectivity index (χ4v) is 8.24. The van der Waals surface area contributed by atoms with Crippen molar-refractivity contribution in [1.82, 2.24) is 24.6 Å². The van der Waals surface area contributed by atoms with E-state index in [1.807, 2.05) is 53.1 Å². The largest absolute Gasteiger partial charge is 0.436 e. The van der Waals surface area contributed by atoms with Crippen LogP contribution in [0.2, 0.25) is 0 Å². The average molecular weight is 685 g/mol. The van der Waals surface area contributed by atoms with Crippen LogP contribution >= 0.6 is 0 Å². The first-order valence-corrected chi connectivity index (χ1v) is 18.2. The number of aromatic amines is 1. The lowest BCUT2D eigenvalue weighted by Crippen LogP contribution is -2.53. The zero-order chi connectivity index (χ0) is 34.8. The molecule has 12 heteroatoms. The molecule has 3 aromatic rings. The Morgan fingerprint density at radius 3 is 2.32 bits per heavy atom. The Balaban J connectivity index is 1.02. The lowest BCUT2D eigenvalue weighted by molar-refractivity contribution is -0.142. The second-order valence-electron chi connectivity index (χ2n) is 14.3. The zero-order valence-electron chi connectivity index (χ0n) is 28.8. The standard InChI is InChI=1S/C38H48N6O6/c1-25-22-26(23-28-6-7-34(46)40-35(25)28)24-33(36(47)42-15-9-29(10-16-42)41-19-13-31(45)14-20-41)50-38(49)43-17-11-30(12-18-43)44-21-8-27-4-2-3-5-32(27)39-37(44)48/h2-7,22-23,29-31,33,45H,8-21,24H2,1H3,(H,39,48)(H,40,46)/t33-/m1/s1. The van der Waals surface area contributed by atoms with Crippen LogP contribution in [0, 0.1) is 6.92 Å². The summed E-state index contributed by atoms with van der Waals surface area (Å²) in [6.07, 6.45) is 3.75. The predicted octanol–water partition coefficient (Wildman–Crippen LogP) is 3.89. The van der Waals surface area contributed by atoms with Crippen molar-refractivity contribution in [2.75, 3.05) is 51.1 Å². The van der Waals surface area contributed by atoms with Crippen LogP contribution in [0.15, 0.2) is 53.3 Å². The summed E-state index contributed by atoms with van der Waals surface area (Å²) in [5.74, 6) is -0.194. The number of hydrogen-bond acceptors (Lipinski definition) is 7. The second kappa shape index (κ2) is 14.8. The van der Waals surface area contributed by atoms with E-state index in [2.05, 4.69) is 15.2 Å².